The largest absolute Gasteiger partial charge is 0.386 e. The maximum atomic E-state index is 10.2. The van der Waals surface area contributed by atoms with Crippen LogP contribution in [0, 0.1) is 0 Å². The van der Waals surface area contributed by atoms with Crippen LogP contribution in [0.5, 0.6) is 0 Å². The Balaban J connectivity index is 1.93. The molecular weight excluding hydrogens is 336 g/mol. The molecule has 126 valence electrons. The molecule has 2 rings (SSSR count). The molecule has 1 atom stereocenters. The Morgan fingerprint density at radius 1 is 1.43 bits per heavy atom. The zero-order valence-corrected chi connectivity index (χ0v) is 14.7. The van der Waals surface area contributed by atoms with Crippen LogP contribution in [-0.4, -0.2) is 38.9 Å². The van der Waals surface area contributed by atoms with Gasteiger partial charge in [0, 0.05) is 24.5 Å². The summed E-state index contributed by atoms with van der Waals surface area (Å²) in [6.07, 6.45) is 1.06. The molecule has 0 amide bonds. The lowest BCUT2D eigenvalue weighted by Crippen LogP contribution is -2.39. The molecule has 0 spiro atoms. The van der Waals surface area contributed by atoms with Crippen LogP contribution in [0.2, 0.25) is 4.34 Å². The lowest BCUT2D eigenvalue weighted by Gasteiger charge is -2.14. The number of aromatic nitrogens is 3. The van der Waals surface area contributed by atoms with Crippen LogP contribution in [0.15, 0.2) is 23.5 Å². The van der Waals surface area contributed by atoms with E-state index in [9.17, 15) is 5.11 Å². The Morgan fingerprint density at radius 3 is 2.91 bits per heavy atom. The molecule has 0 aromatic carbocycles. The second-order valence-electron chi connectivity index (χ2n) is 4.77. The number of halogens is 1. The molecule has 0 fully saturated rings. The van der Waals surface area contributed by atoms with Gasteiger partial charge in [0.05, 0.1) is 4.34 Å². The topological polar surface area (TPSA) is 87.4 Å². The number of thiophene rings is 1. The van der Waals surface area contributed by atoms with Crippen LogP contribution in [0.4, 0.5) is 0 Å². The van der Waals surface area contributed by atoms with Gasteiger partial charge in [0.2, 0.25) is 0 Å². The minimum Gasteiger partial charge on any atom is -0.386 e. The number of guanidine groups is 1. The van der Waals surface area contributed by atoms with Crippen molar-refractivity contribution in [2.45, 2.75) is 33.0 Å². The summed E-state index contributed by atoms with van der Waals surface area (Å²) in [5.74, 6) is 1.43. The number of aryl methyl sites for hydroxylation is 1. The molecule has 0 radical (unpaired) electrons. The summed E-state index contributed by atoms with van der Waals surface area (Å²) in [7, 11) is 0. The van der Waals surface area contributed by atoms with Gasteiger partial charge < -0.3 is 20.3 Å². The summed E-state index contributed by atoms with van der Waals surface area (Å²) in [5.41, 5.74) is 0. The molecular formula is C14H21ClN6OS. The Labute approximate surface area is 144 Å². The van der Waals surface area contributed by atoms with Crippen LogP contribution in [0.3, 0.4) is 0 Å². The number of aliphatic hydroxyl groups excluding tert-OH is 1. The molecule has 0 aliphatic rings. The van der Waals surface area contributed by atoms with Crippen molar-refractivity contribution in [3.8, 4) is 0 Å². The van der Waals surface area contributed by atoms with Crippen molar-refractivity contribution in [2.75, 3.05) is 13.1 Å². The highest BCUT2D eigenvalue weighted by molar-refractivity contribution is 7.16. The quantitative estimate of drug-likeness (QED) is 0.520. The highest BCUT2D eigenvalue weighted by atomic mass is 35.5. The standard InChI is InChI=1S/C14H21ClN6OS/c1-3-16-14(18-8-13-20-19-9-21(13)4-2)17-7-10(22)11-5-6-12(15)23-11/h5-6,9-10,22H,3-4,7-8H2,1-2H3,(H2,16,17,18). The second kappa shape index (κ2) is 8.85. The SMILES string of the molecule is CCNC(=NCc1nncn1CC)NCC(O)c1ccc(Cl)s1. The highest BCUT2D eigenvalue weighted by Crippen LogP contribution is 2.26. The third kappa shape index (κ3) is 5.19. The van der Waals surface area contributed by atoms with Crippen molar-refractivity contribution in [1.29, 1.82) is 0 Å². The van der Waals surface area contributed by atoms with E-state index >= 15 is 0 Å². The molecule has 7 nitrogen and oxygen atoms in total. The lowest BCUT2D eigenvalue weighted by molar-refractivity contribution is 0.184. The van der Waals surface area contributed by atoms with Gasteiger partial charge in [0.1, 0.15) is 19.0 Å². The minimum absolute atomic E-state index is 0.350. The summed E-state index contributed by atoms with van der Waals surface area (Å²) >= 11 is 7.26. The van der Waals surface area contributed by atoms with Crippen molar-refractivity contribution >= 4 is 28.9 Å². The molecule has 0 saturated carbocycles. The van der Waals surface area contributed by atoms with Crippen molar-refractivity contribution in [1.82, 2.24) is 25.4 Å². The fourth-order valence-corrected chi connectivity index (χ4v) is 3.01. The van der Waals surface area contributed by atoms with E-state index in [1.54, 1.807) is 12.4 Å². The highest BCUT2D eigenvalue weighted by Gasteiger charge is 2.11. The first-order valence-electron chi connectivity index (χ1n) is 7.46. The number of nitrogens with one attached hydrogen (secondary N) is 2. The predicted molar refractivity (Wildman–Crippen MR) is 92.8 cm³/mol. The van der Waals surface area contributed by atoms with Gasteiger partial charge in [-0.3, -0.25) is 0 Å². The van der Waals surface area contributed by atoms with Crippen molar-refractivity contribution < 1.29 is 5.11 Å². The van der Waals surface area contributed by atoms with Gasteiger partial charge in [-0.05, 0) is 26.0 Å². The summed E-state index contributed by atoms with van der Waals surface area (Å²) in [6, 6.07) is 3.61. The van der Waals surface area contributed by atoms with Crippen LogP contribution >= 0.6 is 22.9 Å². The van der Waals surface area contributed by atoms with E-state index in [1.807, 2.05) is 24.5 Å². The van der Waals surface area contributed by atoms with Gasteiger partial charge in [-0.15, -0.1) is 21.5 Å². The fourth-order valence-electron chi connectivity index (χ4n) is 1.96. The number of aliphatic hydroxyl groups is 1. The zero-order valence-electron chi connectivity index (χ0n) is 13.2. The fraction of sp³-hybridized carbons (Fsp3) is 0.500. The molecule has 23 heavy (non-hydrogen) atoms. The summed E-state index contributed by atoms with van der Waals surface area (Å²) < 4.78 is 2.61. The molecule has 2 heterocycles. The molecule has 2 aromatic rings. The average Bonchev–Trinajstić information content (AvgIpc) is 3.18. The third-order valence-electron chi connectivity index (χ3n) is 3.14. The first-order chi connectivity index (χ1) is 11.1. The van der Waals surface area contributed by atoms with Gasteiger partial charge in [-0.1, -0.05) is 11.6 Å². The maximum Gasteiger partial charge on any atom is 0.191 e. The second-order valence-corrected chi connectivity index (χ2v) is 6.51. The Bertz CT molecular complexity index is 641. The smallest absolute Gasteiger partial charge is 0.191 e. The molecule has 9 heteroatoms. The van der Waals surface area contributed by atoms with Gasteiger partial charge in [-0.2, -0.15) is 0 Å². The van der Waals surface area contributed by atoms with E-state index in [1.165, 1.54) is 11.3 Å². The van der Waals surface area contributed by atoms with Gasteiger partial charge in [0.25, 0.3) is 0 Å². The molecule has 0 aliphatic carbocycles. The number of nitrogens with zero attached hydrogens (tertiary/aromatic N) is 4. The number of rotatable bonds is 7. The summed E-state index contributed by atoms with van der Waals surface area (Å²) in [5, 5.41) is 24.4. The maximum absolute atomic E-state index is 10.2. The van der Waals surface area contributed by atoms with Crippen molar-refractivity contribution in [2.24, 2.45) is 4.99 Å². The average molecular weight is 357 g/mol. The third-order valence-corrected chi connectivity index (χ3v) is 4.48. The molecule has 1 unspecified atom stereocenters. The van der Waals surface area contributed by atoms with Gasteiger partial charge in [-0.25, -0.2) is 4.99 Å². The van der Waals surface area contributed by atoms with Crippen molar-refractivity contribution in [3.05, 3.63) is 33.5 Å². The number of hydrogen-bond donors (Lipinski definition) is 3. The molecule has 0 aliphatic heterocycles. The van der Waals surface area contributed by atoms with Gasteiger partial charge in [0.15, 0.2) is 11.8 Å². The van der Waals surface area contributed by atoms with E-state index < -0.39 is 6.10 Å². The first kappa shape index (κ1) is 17.7. The van der Waals surface area contributed by atoms with Crippen molar-refractivity contribution in [3.63, 3.8) is 0 Å². The summed E-state index contributed by atoms with van der Waals surface area (Å²) in [6.45, 7) is 6.32. The van der Waals surface area contributed by atoms with E-state index in [0.717, 1.165) is 23.8 Å². The van der Waals surface area contributed by atoms with E-state index in [-0.39, 0.29) is 0 Å². The Morgan fingerprint density at radius 2 is 2.26 bits per heavy atom. The normalized spacial score (nSPS) is 13.1. The molecule has 3 N–H and O–H groups in total. The van der Waals surface area contributed by atoms with Gasteiger partial charge >= 0.3 is 0 Å². The molecule has 0 bridgehead atoms. The Hall–Kier alpha value is -1.64. The minimum atomic E-state index is -0.629. The Kier molecular flexibility index (Phi) is 6.82. The van der Waals surface area contributed by atoms with E-state index in [0.29, 0.717) is 23.4 Å². The first-order valence-corrected chi connectivity index (χ1v) is 8.65. The van der Waals surface area contributed by atoms with Crippen LogP contribution < -0.4 is 10.6 Å². The van der Waals surface area contributed by atoms with Crippen LogP contribution in [0.1, 0.15) is 30.7 Å². The molecule has 2 aromatic heterocycles. The van der Waals surface area contributed by atoms with Crippen LogP contribution in [-0.2, 0) is 13.1 Å². The number of hydrogen-bond acceptors (Lipinski definition) is 5. The van der Waals surface area contributed by atoms with E-state index in [2.05, 4.69) is 25.8 Å². The predicted octanol–water partition coefficient (Wildman–Crippen LogP) is 1.80. The lowest BCUT2D eigenvalue weighted by atomic mass is 10.3. The number of aliphatic imine (C=N–C) groups is 1. The summed E-state index contributed by atoms with van der Waals surface area (Å²) in [4.78, 5) is 5.30. The zero-order chi connectivity index (χ0) is 16.7. The monoisotopic (exact) mass is 356 g/mol. The van der Waals surface area contributed by atoms with Crippen LogP contribution in [0.25, 0.3) is 0 Å². The van der Waals surface area contributed by atoms with E-state index in [4.69, 9.17) is 11.6 Å². The molecule has 0 saturated heterocycles.